The van der Waals surface area contributed by atoms with E-state index in [0.717, 1.165) is 23.6 Å². The van der Waals surface area contributed by atoms with Crippen LogP contribution in [0, 0.1) is 6.92 Å². The summed E-state index contributed by atoms with van der Waals surface area (Å²) >= 11 is 0. The molecule has 0 aliphatic rings. The molecule has 0 atom stereocenters. The summed E-state index contributed by atoms with van der Waals surface area (Å²) in [6.07, 6.45) is 1.76. The highest BCUT2D eigenvalue weighted by atomic mass is 16.5. The molecule has 3 nitrogen and oxygen atoms in total. The Morgan fingerprint density at radius 3 is 2.24 bits per heavy atom. The average molecular weight is 284 g/mol. The van der Waals surface area contributed by atoms with Crippen molar-refractivity contribution in [2.24, 2.45) is 0 Å². The van der Waals surface area contributed by atoms with Gasteiger partial charge in [0.1, 0.15) is 12.4 Å². The molecule has 3 heteroatoms. The maximum atomic E-state index is 5.72. The predicted molar refractivity (Wildman–Crippen MR) is 86.3 cm³/mol. The SMILES string of the molecule is Cc1ccc(OCc2ccc(CNC(C)(C)C)cc2)cn1. The highest BCUT2D eigenvalue weighted by Gasteiger charge is 2.08. The number of aromatic nitrogens is 1. The first kappa shape index (κ1) is 15.5. The van der Waals surface area contributed by atoms with E-state index < -0.39 is 0 Å². The Hall–Kier alpha value is -1.87. The molecule has 112 valence electrons. The molecule has 0 saturated carbocycles. The van der Waals surface area contributed by atoms with Gasteiger partial charge in [0.25, 0.3) is 0 Å². The van der Waals surface area contributed by atoms with E-state index in [1.165, 1.54) is 5.56 Å². The lowest BCUT2D eigenvalue weighted by Crippen LogP contribution is -2.35. The molecule has 2 rings (SSSR count). The molecule has 0 amide bonds. The van der Waals surface area contributed by atoms with Gasteiger partial charge in [0, 0.05) is 17.8 Å². The van der Waals surface area contributed by atoms with Crippen LogP contribution in [-0.2, 0) is 13.2 Å². The predicted octanol–water partition coefficient (Wildman–Crippen LogP) is 3.86. The van der Waals surface area contributed by atoms with E-state index in [1.807, 2.05) is 19.1 Å². The number of hydrogen-bond donors (Lipinski definition) is 1. The maximum absolute atomic E-state index is 5.72. The number of benzene rings is 1. The van der Waals surface area contributed by atoms with E-state index in [9.17, 15) is 0 Å². The molecule has 0 radical (unpaired) electrons. The number of hydrogen-bond acceptors (Lipinski definition) is 3. The zero-order valence-corrected chi connectivity index (χ0v) is 13.3. The summed E-state index contributed by atoms with van der Waals surface area (Å²) in [4.78, 5) is 4.22. The third-order valence-corrected chi connectivity index (χ3v) is 3.14. The molecular weight excluding hydrogens is 260 g/mol. The molecule has 0 saturated heterocycles. The normalized spacial score (nSPS) is 11.4. The second-order valence-corrected chi connectivity index (χ2v) is 6.34. The number of nitrogens with one attached hydrogen (secondary N) is 1. The largest absolute Gasteiger partial charge is 0.487 e. The molecule has 1 heterocycles. The molecule has 0 aliphatic carbocycles. The molecule has 0 spiro atoms. The standard InChI is InChI=1S/C18H24N2O/c1-14-5-10-17(12-19-14)21-13-16-8-6-15(7-9-16)11-20-18(2,3)4/h5-10,12,20H,11,13H2,1-4H3. The second-order valence-electron chi connectivity index (χ2n) is 6.34. The molecule has 0 fully saturated rings. The second kappa shape index (κ2) is 6.72. The molecule has 0 aliphatic heterocycles. The molecule has 0 bridgehead atoms. The fraction of sp³-hybridized carbons (Fsp3) is 0.389. The Kier molecular flexibility index (Phi) is 4.97. The number of ether oxygens (including phenoxy) is 1. The summed E-state index contributed by atoms with van der Waals surface area (Å²) in [5, 5.41) is 3.48. The third-order valence-electron chi connectivity index (χ3n) is 3.14. The zero-order chi connectivity index (χ0) is 15.3. The van der Waals surface area contributed by atoms with Crippen molar-refractivity contribution in [1.29, 1.82) is 0 Å². The summed E-state index contributed by atoms with van der Waals surface area (Å²) < 4.78 is 5.72. The number of rotatable bonds is 5. The van der Waals surface area contributed by atoms with Crippen LogP contribution in [0.25, 0.3) is 0 Å². The van der Waals surface area contributed by atoms with Crippen molar-refractivity contribution in [3.63, 3.8) is 0 Å². The van der Waals surface area contributed by atoms with Gasteiger partial charge in [-0.3, -0.25) is 4.98 Å². The van der Waals surface area contributed by atoms with Crippen LogP contribution in [0.15, 0.2) is 42.6 Å². The van der Waals surface area contributed by atoms with Gasteiger partial charge in [0.2, 0.25) is 0 Å². The molecule has 2 aromatic rings. The summed E-state index contributed by atoms with van der Waals surface area (Å²) in [6, 6.07) is 12.4. The minimum atomic E-state index is 0.139. The van der Waals surface area contributed by atoms with E-state index in [2.05, 4.69) is 55.3 Å². The van der Waals surface area contributed by atoms with Gasteiger partial charge >= 0.3 is 0 Å². The van der Waals surface area contributed by atoms with Gasteiger partial charge in [0.15, 0.2) is 0 Å². The molecule has 1 aromatic carbocycles. The van der Waals surface area contributed by atoms with Crippen molar-refractivity contribution in [1.82, 2.24) is 10.3 Å². The van der Waals surface area contributed by atoms with Crippen molar-refractivity contribution in [3.8, 4) is 5.75 Å². The van der Waals surface area contributed by atoms with Gasteiger partial charge in [-0.2, -0.15) is 0 Å². The Bertz CT molecular complexity index is 553. The Morgan fingerprint density at radius 2 is 1.67 bits per heavy atom. The maximum Gasteiger partial charge on any atom is 0.138 e. The lowest BCUT2D eigenvalue weighted by molar-refractivity contribution is 0.305. The highest BCUT2D eigenvalue weighted by Crippen LogP contribution is 2.12. The fourth-order valence-corrected chi connectivity index (χ4v) is 1.83. The van der Waals surface area contributed by atoms with Crippen LogP contribution in [0.5, 0.6) is 5.75 Å². The van der Waals surface area contributed by atoms with Crippen molar-refractivity contribution >= 4 is 0 Å². The van der Waals surface area contributed by atoms with Crippen molar-refractivity contribution in [2.45, 2.75) is 46.4 Å². The van der Waals surface area contributed by atoms with Gasteiger partial charge in [0.05, 0.1) is 6.20 Å². The van der Waals surface area contributed by atoms with Crippen LogP contribution in [-0.4, -0.2) is 10.5 Å². The van der Waals surface area contributed by atoms with Gasteiger partial charge in [-0.05, 0) is 51.0 Å². The molecule has 1 N–H and O–H groups in total. The minimum absolute atomic E-state index is 0.139. The Morgan fingerprint density at radius 1 is 1.00 bits per heavy atom. The number of pyridine rings is 1. The third kappa shape index (κ3) is 5.56. The first-order chi connectivity index (χ1) is 9.92. The van der Waals surface area contributed by atoms with Gasteiger partial charge in [-0.25, -0.2) is 0 Å². The van der Waals surface area contributed by atoms with E-state index in [1.54, 1.807) is 6.20 Å². The van der Waals surface area contributed by atoms with E-state index in [4.69, 9.17) is 4.74 Å². The highest BCUT2D eigenvalue weighted by molar-refractivity contribution is 5.24. The van der Waals surface area contributed by atoms with E-state index in [-0.39, 0.29) is 5.54 Å². The van der Waals surface area contributed by atoms with Crippen LogP contribution >= 0.6 is 0 Å². The first-order valence-corrected chi connectivity index (χ1v) is 7.31. The molecule has 1 aromatic heterocycles. The zero-order valence-electron chi connectivity index (χ0n) is 13.3. The topological polar surface area (TPSA) is 34.1 Å². The van der Waals surface area contributed by atoms with Crippen LogP contribution in [0.1, 0.15) is 37.6 Å². The lowest BCUT2D eigenvalue weighted by Gasteiger charge is -2.20. The monoisotopic (exact) mass is 284 g/mol. The molecule has 0 unspecified atom stereocenters. The van der Waals surface area contributed by atoms with Gasteiger partial charge in [-0.1, -0.05) is 24.3 Å². The van der Waals surface area contributed by atoms with Gasteiger partial charge < -0.3 is 10.1 Å². The quantitative estimate of drug-likeness (QED) is 0.905. The summed E-state index contributed by atoms with van der Waals surface area (Å²) in [7, 11) is 0. The smallest absolute Gasteiger partial charge is 0.138 e. The van der Waals surface area contributed by atoms with E-state index >= 15 is 0 Å². The number of nitrogens with zero attached hydrogens (tertiary/aromatic N) is 1. The van der Waals surface area contributed by atoms with Crippen molar-refractivity contribution in [2.75, 3.05) is 0 Å². The lowest BCUT2D eigenvalue weighted by atomic mass is 10.1. The summed E-state index contributed by atoms with van der Waals surface area (Å²) in [5.74, 6) is 0.805. The van der Waals surface area contributed by atoms with Crippen LogP contribution in [0.4, 0.5) is 0 Å². The summed E-state index contributed by atoms with van der Waals surface area (Å²) in [5.41, 5.74) is 3.58. The van der Waals surface area contributed by atoms with Crippen LogP contribution in [0.2, 0.25) is 0 Å². The Labute approximate surface area is 127 Å². The van der Waals surface area contributed by atoms with Crippen molar-refractivity contribution in [3.05, 3.63) is 59.4 Å². The Balaban J connectivity index is 1.86. The first-order valence-electron chi connectivity index (χ1n) is 7.31. The number of aryl methyl sites for hydroxylation is 1. The minimum Gasteiger partial charge on any atom is -0.487 e. The molecular formula is C18H24N2O. The molecule has 21 heavy (non-hydrogen) atoms. The van der Waals surface area contributed by atoms with Crippen LogP contribution < -0.4 is 10.1 Å². The fourth-order valence-electron chi connectivity index (χ4n) is 1.83. The summed E-state index contributed by atoms with van der Waals surface area (Å²) in [6.45, 7) is 9.93. The van der Waals surface area contributed by atoms with Crippen molar-refractivity contribution < 1.29 is 4.74 Å². The van der Waals surface area contributed by atoms with Crippen LogP contribution in [0.3, 0.4) is 0 Å². The van der Waals surface area contributed by atoms with E-state index in [0.29, 0.717) is 6.61 Å². The average Bonchev–Trinajstić information content (AvgIpc) is 2.45. The van der Waals surface area contributed by atoms with Gasteiger partial charge in [-0.15, -0.1) is 0 Å².